The summed E-state index contributed by atoms with van der Waals surface area (Å²) >= 11 is 1.20. The number of fused-ring (bicyclic) bond motifs is 2. The summed E-state index contributed by atoms with van der Waals surface area (Å²) in [5.41, 5.74) is 11.7. The molecule has 5 rings (SSSR count). The van der Waals surface area contributed by atoms with E-state index < -0.39 is 12.1 Å². The summed E-state index contributed by atoms with van der Waals surface area (Å²) in [6.07, 6.45) is 4.13. The number of aryl methyl sites for hydroxylation is 1. The van der Waals surface area contributed by atoms with Crippen molar-refractivity contribution in [3.8, 4) is 11.5 Å². The number of carbonyl (C=O) groups is 4. The topological polar surface area (TPSA) is 183 Å². The van der Waals surface area contributed by atoms with Gasteiger partial charge in [-0.3, -0.25) is 24.2 Å². The van der Waals surface area contributed by atoms with Gasteiger partial charge < -0.3 is 36.1 Å². The summed E-state index contributed by atoms with van der Waals surface area (Å²) in [6, 6.07) is 3.81. The van der Waals surface area contributed by atoms with E-state index in [1.807, 2.05) is 18.2 Å². The largest absolute Gasteiger partial charge is 0.454 e. The molecule has 2 aromatic rings. The third-order valence-electron chi connectivity index (χ3n) is 7.49. The highest BCUT2D eigenvalue weighted by Gasteiger charge is 2.46. The Hall–Kier alpha value is -4.20. The summed E-state index contributed by atoms with van der Waals surface area (Å²) in [7, 11) is 0. The lowest BCUT2D eigenvalue weighted by Gasteiger charge is -2.39. The Bertz CT molecular complexity index is 1330. The Morgan fingerprint density at radius 1 is 1.20 bits per heavy atom. The number of carbonyl (C=O) groups excluding carboxylic acids is 4. The first-order chi connectivity index (χ1) is 19.8. The maximum atomic E-state index is 13.4. The van der Waals surface area contributed by atoms with Gasteiger partial charge in [0.25, 0.3) is 0 Å². The molecule has 0 saturated carbocycles. The van der Waals surface area contributed by atoms with Gasteiger partial charge in [-0.15, -0.1) is 11.3 Å². The second-order valence-electron chi connectivity index (χ2n) is 10.2. The number of rotatable bonds is 11. The second-order valence-corrected chi connectivity index (χ2v) is 11.1. The minimum Gasteiger partial charge on any atom is -0.454 e. The van der Waals surface area contributed by atoms with Crippen molar-refractivity contribution in [2.75, 3.05) is 26.4 Å². The molecule has 3 aliphatic rings. The van der Waals surface area contributed by atoms with Crippen LogP contribution in [0.15, 0.2) is 34.8 Å². The van der Waals surface area contributed by atoms with E-state index in [0.29, 0.717) is 61.7 Å². The highest BCUT2D eigenvalue weighted by molar-refractivity contribution is 7.11. The Balaban J connectivity index is 1.17. The van der Waals surface area contributed by atoms with E-state index in [0.717, 1.165) is 5.56 Å². The highest BCUT2D eigenvalue weighted by atomic mass is 32.1. The number of guanidine groups is 1. The highest BCUT2D eigenvalue weighted by Crippen LogP contribution is 2.33. The number of ketones is 1. The molecule has 13 nitrogen and oxygen atoms in total. The summed E-state index contributed by atoms with van der Waals surface area (Å²) in [4.78, 5) is 63.9. The fraction of sp³-hybridized carbons (Fsp3) is 0.481. The molecule has 1 aromatic heterocycles. The molecule has 2 saturated heterocycles. The van der Waals surface area contributed by atoms with Crippen LogP contribution in [0.2, 0.25) is 0 Å². The maximum absolute atomic E-state index is 13.4. The number of benzene rings is 1. The first-order valence-electron chi connectivity index (χ1n) is 13.6. The lowest BCUT2D eigenvalue weighted by Crippen LogP contribution is -2.60. The lowest BCUT2D eigenvalue weighted by molar-refractivity contribution is -0.151. The van der Waals surface area contributed by atoms with Crippen LogP contribution in [0, 0.1) is 0 Å². The number of nitrogens with one attached hydrogen (secondary N) is 1. The van der Waals surface area contributed by atoms with E-state index in [4.69, 9.17) is 20.9 Å². The van der Waals surface area contributed by atoms with Gasteiger partial charge in [-0.1, -0.05) is 6.07 Å². The van der Waals surface area contributed by atoms with Crippen molar-refractivity contribution in [2.24, 2.45) is 16.5 Å². The number of amides is 3. The van der Waals surface area contributed by atoms with E-state index in [1.54, 1.807) is 15.2 Å². The standard InChI is InChI=1S/C27H33N7O6S/c28-27(29)31-9-1-2-18(24(37)26-30-10-11-41-26)32-25(38)19-6-5-17-13-33(14-23(36)34(17)19)22(35)8-4-16-3-7-20-21(12-16)40-15-39-20/h3,7,10-12,17-19H,1-2,4-6,8-9,13-15H2,(H,32,38)(H4,28,29,31). The number of nitrogens with two attached hydrogens (primary N) is 2. The predicted molar refractivity (Wildman–Crippen MR) is 149 cm³/mol. The van der Waals surface area contributed by atoms with Crippen molar-refractivity contribution in [1.82, 2.24) is 20.1 Å². The van der Waals surface area contributed by atoms with Crippen LogP contribution in [-0.4, -0.2) is 88.8 Å². The number of hydrogen-bond donors (Lipinski definition) is 3. The molecule has 218 valence electrons. The smallest absolute Gasteiger partial charge is 0.243 e. The second kappa shape index (κ2) is 12.5. The monoisotopic (exact) mass is 583 g/mol. The third kappa shape index (κ3) is 6.59. The van der Waals surface area contributed by atoms with Gasteiger partial charge in [-0.05, 0) is 49.8 Å². The first-order valence-corrected chi connectivity index (χ1v) is 14.4. The number of aromatic nitrogens is 1. The van der Waals surface area contributed by atoms with Gasteiger partial charge in [0.1, 0.15) is 6.04 Å². The summed E-state index contributed by atoms with van der Waals surface area (Å²) in [5, 5.41) is 4.85. The number of ether oxygens (including phenoxy) is 2. The molecule has 3 amide bonds. The molecule has 0 radical (unpaired) electrons. The molecular weight excluding hydrogens is 550 g/mol. The molecule has 0 spiro atoms. The van der Waals surface area contributed by atoms with E-state index >= 15 is 0 Å². The number of piperazine rings is 1. The van der Waals surface area contributed by atoms with Crippen LogP contribution < -0.4 is 26.3 Å². The number of thiazole rings is 1. The fourth-order valence-electron chi connectivity index (χ4n) is 5.49. The molecule has 3 atom stereocenters. The minimum absolute atomic E-state index is 0.0436. The van der Waals surface area contributed by atoms with Crippen molar-refractivity contribution >= 4 is 40.8 Å². The number of hydrogen-bond acceptors (Lipinski definition) is 9. The van der Waals surface area contributed by atoms with Crippen molar-refractivity contribution in [1.29, 1.82) is 0 Å². The summed E-state index contributed by atoms with van der Waals surface area (Å²) < 4.78 is 10.7. The molecule has 2 fully saturated rings. The van der Waals surface area contributed by atoms with Crippen LogP contribution in [0.25, 0.3) is 0 Å². The van der Waals surface area contributed by atoms with Crippen LogP contribution in [0.5, 0.6) is 11.5 Å². The predicted octanol–water partition coefficient (Wildman–Crippen LogP) is 0.428. The van der Waals surface area contributed by atoms with E-state index in [9.17, 15) is 19.2 Å². The Labute approximate surface area is 240 Å². The lowest BCUT2D eigenvalue weighted by atomic mass is 10.1. The molecule has 14 heteroatoms. The van der Waals surface area contributed by atoms with E-state index in [1.165, 1.54) is 17.5 Å². The van der Waals surface area contributed by atoms with Gasteiger partial charge in [0, 0.05) is 31.1 Å². The van der Waals surface area contributed by atoms with Crippen molar-refractivity contribution in [3.63, 3.8) is 0 Å². The molecule has 41 heavy (non-hydrogen) atoms. The van der Waals surface area contributed by atoms with Crippen molar-refractivity contribution < 1.29 is 28.7 Å². The molecule has 4 heterocycles. The van der Waals surface area contributed by atoms with Crippen LogP contribution in [0.4, 0.5) is 0 Å². The first kappa shape index (κ1) is 28.3. The quantitative estimate of drug-likeness (QED) is 0.146. The van der Waals surface area contributed by atoms with Gasteiger partial charge >= 0.3 is 0 Å². The third-order valence-corrected chi connectivity index (χ3v) is 8.28. The molecule has 0 aliphatic carbocycles. The molecule has 0 bridgehead atoms. The zero-order chi connectivity index (χ0) is 28.9. The molecule has 3 aliphatic heterocycles. The van der Waals surface area contributed by atoms with Gasteiger partial charge in [0.2, 0.25) is 30.3 Å². The van der Waals surface area contributed by atoms with Gasteiger partial charge in [-0.25, -0.2) is 4.98 Å². The van der Waals surface area contributed by atoms with Gasteiger partial charge in [-0.2, -0.15) is 0 Å². The molecule has 3 unspecified atom stereocenters. The van der Waals surface area contributed by atoms with Crippen LogP contribution in [0.1, 0.15) is 47.5 Å². The molecular formula is C27H33N7O6S. The Kier molecular flexibility index (Phi) is 8.67. The Morgan fingerprint density at radius 2 is 2.02 bits per heavy atom. The van der Waals surface area contributed by atoms with Crippen molar-refractivity contribution in [2.45, 2.75) is 56.7 Å². The number of nitrogens with zero attached hydrogens (tertiary/aromatic N) is 4. The van der Waals surface area contributed by atoms with Crippen LogP contribution in [-0.2, 0) is 20.8 Å². The van der Waals surface area contributed by atoms with Crippen molar-refractivity contribution in [3.05, 3.63) is 40.3 Å². The Morgan fingerprint density at radius 3 is 2.80 bits per heavy atom. The average Bonchev–Trinajstić information content (AvgIpc) is 3.73. The molecule has 5 N–H and O–H groups in total. The maximum Gasteiger partial charge on any atom is 0.243 e. The summed E-state index contributed by atoms with van der Waals surface area (Å²) in [5.74, 6) is 0.240. The minimum atomic E-state index is -0.823. The number of aliphatic imine (C=N–C) groups is 1. The SMILES string of the molecule is NC(N)=NCCCC(NC(=O)C1CCC2CN(C(=O)CCc3ccc4c(c3)OCO4)CC(=O)N21)C(=O)c1nccs1. The van der Waals surface area contributed by atoms with Crippen LogP contribution in [0.3, 0.4) is 0 Å². The fourth-order valence-corrected chi connectivity index (χ4v) is 6.12. The van der Waals surface area contributed by atoms with E-state index in [-0.39, 0.29) is 55.3 Å². The number of Topliss-reactive ketones (excluding diaryl/α,β-unsaturated/α-hetero) is 1. The van der Waals surface area contributed by atoms with Gasteiger partial charge in [0.05, 0.1) is 18.6 Å². The zero-order valence-corrected chi connectivity index (χ0v) is 23.3. The zero-order valence-electron chi connectivity index (χ0n) is 22.5. The molecule has 1 aromatic carbocycles. The normalized spacial score (nSPS) is 20.0. The van der Waals surface area contributed by atoms with Crippen LogP contribution >= 0.6 is 11.3 Å². The van der Waals surface area contributed by atoms with E-state index in [2.05, 4.69) is 15.3 Å². The average molecular weight is 584 g/mol. The van der Waals surface area contributed by atoms with Gasteiger partial charge in [0.15, 0.2) is 22.5 Å². The summed E-state index contributed by atoms with van der Waals surface area (Å²) in [6.45, 7) is 0.789.